The predicted molar refractivity (Wildman–Crippen MR) is 100 cm³/mol. The molecular formula is C19H23FN2O3S. The van der Waals surface area contributed by atoms with Crippen LogP contribution in [-0.4, -0.2) is 26.1 Å². The van der Waals surface area contributed by atoms with E-state index in [4.69, 9.17) is 0 Å². The quantitative estimate of drug-likeness (QED) is 0.692. The Balaban J connectivity index is 2.06. The minimum absolute atomic E-state index is 0.00625. The Morgan fingerprint density at radius 2 is 1.77 bits per heavy atom. The van der Waals surface area contributed by atoms with Crippen molar-refractivity contribution in [3.63, 3.8) is 0 Å². The largest absolute Gasteiger partial charge is 0.326 e. The molecule has 0 aromatic heterocycles. The summed E-state index contributed by atoms with van der Waals surface area (Å²) in [5.41, 5.74) is 1.58. The first kappa shape index (κ1) is 20.1. The molecule has 26 heavy (non-hydrogen) atoms. The van der Waals surface area contributed by atoms with Crippen LogP contribution in [0.4, 0.5) is 10.1 Å². The molecule has 0 spiro atoms. The number of sulfone groups is 1. The van der Waals surface area contributed by atoms with Gasteiger partial charge in [-0.1, -0.05) is 25.1 Å². The molecule has 2 aromatic carbocycles. The molecule has 0 aliphatic rings. The average molecular weight is 378 g/mol. The molecule has 0 heterocycles. The van der Waals surface area contributed by atoms with Crippen LogP contribution in [0.5, 0.6) is 0 Å². The smallest absolute Gasteiger partial charge is 0.225 e. The summed E-state index contributed by atoms with van der Waals surface area (Å²) < 4.78 is 38.0. The predicted octanol–water partition coefficient (Wildman–Crippen LogP) is 3.13. The summed E-state index contributed by atoms with van der Waals surface area (Å²) in [6.07, 6.45) is -0.185. The number of para-hydroxylation sites is 1. The zero-order valence-corrected chi connectivity index (χ0v) is 15.6. The fourth-order valence-corrected chi connectivity index (χ4v) is 3.84. The first-order valence-corrected chi connectivity index (χ1v) is 9.97. The van der Waals surface area contributed by atoms with E-state index in [1.165, 1.54) is 19.1 Å². The summed E-state index contributed by atoms with van der Waals surface area (Å²) in [4.78, 5) is 12.3. The van der Waals surface area contributed by atoms with E-state index in [1.807, 2.05) is 25.1 Å². The van der Waals surface area contributed by atoms with E-state index in [-0.39, 0.29) is 17.2 Å². The molecule has 0 radical (unpaired) electrons. The number of benzene rings is 2. The molecule has 0 bridgehead atoms. The molecule has 0 saturated carbocycles. The van der Waals surface area contributed by atoms with Gasteiger partial charge in [-0.2, -0.15) is 0 Å². The van der Waals surface area contributed by atoms with Crippen LogP contribution in [0, 0.1) is 5.82 Å². The highest BCUT2D eigenvalue weighted by atomic mass is 32.2. The van der Waals surface area contributed by atoms with E-state index in [0.29, 0.717) is 12.2 Å². The van der Waals surface area contributed by atoms with E-state index >= 15 is 0 Å². The number of carbonyl (C=O) groups excluding carboxylic acids is 1. The van der Waals surface area contributed by atoms with Gasteiger partial charge in [0.05, 0.1) is 10.1 Å². The normalized spacial score (nSPS) is 12.6. The summed E-state index contributed by atoms with van der Waals surface area (Å²) in [7, 11) is -3.71. The topological polar surface area (TPSA) is 75.3 Å². The maximum Gasteiger partial charge on any atom is 0.225 e. The third kappa shape index (κ3) is 5.12. The lowest BCUT2D eigenvalue weighted by atomic mass is 10.1. The second kappa shape index (κ2) is 8.91. The fourth-order valence-electron chi connectivity index (χ4n) is 2.48. The number of amides is 1. The van der Waals surface area contributed by atoms with Crippen molar-refractivity contribution < 1.29 is 17.6 Å². The van der Waals surface area contributed by atoms with Crippen molar-refractivity contribution in [1.82, 2.24) is 5.32 Å². The molecule has 140 valence electrons. The van der Waals surface area contributed by atoms with E-state index < -0.39 is 20.9 Å². The SMILES string of the molecule is CCNCc1ccccc1NC(=O)CC(C)S(=O)(=O)c1ccc(F)cc1. The highest BCUT2D eigenvalue weighted by molar-refractivity contribution is 7.92. The minimum atomic E-state index is -3.71. The van der Waals surface area contributed by atoms with Gasteiger partial charge in [-0.15, -0.1) is 0 Å². The molecule has 0 saturated heterocycles. The minimum Gasteiger partial charge on any atom is -0.326 e. The van der Waals surface area contributed by atoms with Crippen LogP contribution in [0.3, 0.4) is 0 Å². The van der Waals surface area contributed by atoms with Crippen molar-refractivity contribution in [3.8, 4) is 0 Å². The van der Waals surface area contributed by atoms with Gasteiger partial charge in [0, 0.05) is 18.7 Å². The number of anilines is 1. The maximum absolute atomic E-state index is 13.0. The summed E-state index contributed by atoms with van der Waals surface area (Å²) >= 11 is 0. The molecule has 1 amide bonds. The van der Waals surface area contributed by atoms with Crippen LogP contribution in [-0.2, 0) is 21.2 Å². The van der Waals surface area contributed by atoms with Crippen molar-refractivity contribution >= 4 is 21.4 Å². The summed E-state index contributed by atoms with van der Waals surface area (Å²) in [6, 6.07) is 12.0. The number of rotatable bonds is 8. The Morgan fingerprint density at radius 1 is 1.12 bits per heavy atom. The van der Waals surface area contributed by atoms with Gasteiger partial charge in [-0.3, -0.25) is 4.79 Å². The molecule has 2 aromatic rings. The molecular weight excluding hydrogens is 355 g/mol. The average Bonchev–Trinajstić information content (AvgIpc) is 2.61. The lowest BCUT2D eigenvalue weighted by Gasteiger charge is -2.15. The summed E-state index contributed by atoms with van der Waals surface area (Å²) in [5, 5.41) is 5.05. The second-order valence-electron chi connectivity index (χ2n) is 6.00. The van der Waals surface area contributed by atoms with Crippen molar-refractivity contribution in [2.45, 2.75) is 37.0 Å². The van der Waals surface area contributed by atoms with Gasteiger partial charge in [0.15, 0.2) is 9.84 Å². The van der Waals surface area contributed by atoms with Crippen molar-refractivity contribution in [1.29, 1.82) is 0 Å². The van der Waals surface area contributed by atoms with Crippen LogP contribution in [0.2, 0.25) is 0 Å². The number of hydrogen-bond acceptors (Lipinski definition) is 4. The summed E-state index contributed by atoms with van der Waals surface area (Å²) in [6.45, 7) is 4.87. The third-order valence-electron chi connectivity index (χ3n) is 4.00. The van der Waals surface area contributed by atoms with Gasteiger partial charge in [-0.25, -0.2) is 12.8 Å². The molecule has 1 atom stereocenters. The van der Waals surface area contributed by atoms with Crippen molar-refractivity contribution in [2.75, 3.05) is 11.9 Å². The zero-order chi connectivity index (χ0) is 19.2. The number of carbonyl (C=O) groups is 1. The standard InChI is InChI=1S/C19H23FN2O3S/c1-3-21-13-15-6-4-5-7-18(15)22-19(23)12-14(2)26(24,25)17-10-8-16(20)9-11-17/h4-11,14,21H,3,12-13H2,1-2H3,(H,22,23). The summed E-state index contributed by atoms with van der Waals surface area (Å²) in [5.74, 6) is -0.890. The van der Waals surface area contributed by atoms with Gasteiger partial charge < -0.3 is 10.6 Å². The first-order valence-electron chi connectivity index (χ1n) is 8.42. The van der Waals surface area contributed by atoms with Gasteiger partial charge >= 0.3 is 0 Å². The molecule has 2 N–H and O–H groups in total. The van der Waals surface area contributed by atoms with E-state index in [0.717, 1.165) is 24.2 Å². The first-order chi connectivity index (χ1) is 12.3. The molecule has 0 fully saturated rings. The lowest BCUT2D eigenvalue weighted by Crippen LogP contribution is -2.25. The number of hydrogen-bond donors (Lipinski definition) is 2. The van der Waals surface area contributed by atoms with Crippen LogP contribution in [0.15, 0.2) is 53.4 Å². The maximum atomic E-state index is 13.0. The third-order valence-corrected chi connectivity index (χ3v) is 6.16. The second-order valence-corrected chi connectivity index (χ2v) is 8.37. The lowest BCUT2D eigenvalue weighted by molar-refractivity contribution is -0.116. The molecule has 0 aliphatic carbocycles. The van der Waals surface area contributed by atoms with Crippen LogP contribution in [0.1, 0.15) is 25.8 Å². The van der Waals surface area contributed by atoms with Crippen molar-refractivity contribution in [3.05, 3.63) is 59.9 Å². The Kier molecular flexibility index (Phi) is 6.88. The van der Waals surface area contributed by atoms with Gasteiger partial charge in [0.1, 0.15) is 5.82 Å². The van der Waals surface area contributed by atoms with Gasteiger partial charge in [0.25, 0.3) is 0 Å². The van der Waals surface area contributed by atoms with Gasteiger partial charge in [0.2, 0.25) is 5.91 Å². The molecule has 5 nitrogen and oxygen atoms in total. The van der Waals surface area contributed by atoms with Crippen LogP contribution >= 0.6 is 0 Å². The molecule has 0 aliphatic heterocycles. The molecule has 7 heteroatoms. The zero-order valence-electron chi connectivity index (χ0n) is 14.8. The number of halogens is 1. The number of nitrogens with one attached hydrogen (secondary N) is 2. The van der Waals surface area contributed by atoms with E-state index in [9.17, 15) is 17.6 Å². The Morgan fingerprint density at radius 3 is 2.42 bits per heavy atom. The monoisotopic (exact) mass is 378 g/mol. The highest BCUT2D eigenvalue weighted by Gasteiger charge is 2.26. The van der Waals surface area contributed by atoms with Gasteiger partial charge in [-0.05, 0) is 49.4 Å². The molecule has 2 rings (SSSR count). The highest BCUT2D eigenvalue weighted by Crippen LogP contribution is 2.20. The van der Waals surface area contributed by atoms with Crippen LogP contribution in [0.25, 0.3) is 0 Å². The van der Waals surface area contributed by atoms with E-state index in [1.54, 1.807) is 6.07 Å². The molecule has 1 unspecified atom stereocenters. The van der Waals surface area contributed by atoms with Crippen molar-refractivity contribution in [2.24, 2.45) is 0 Å². The van der Waals surface area contributed by atoms with E-state index in [2.05, 4.69) is 10.6 Å². The fraction of sp³-hybridized carbons (Fsp3) is 0.316. The Hall–Kier alpha value is -2.25. The van der Waals surface area contributed by atoms with Crippen LogP contribution < -0.4 is 10.6 Å². The Labute approximate surface area is 153 Å². The Bertz CT molecular complexity index is 851.